The van der Waals surface area contributed by atoms with E-state index in [0.717, 1.165) is 12.1 Å². The van der Waals surface area contributed by atoms with E-state index in [1.54, 1.807) is 24.3 Å². The van der Waals surface area contributed by atoms with E-state index in [1.807, 2.05) is 6.92 Å². The molecular weight excluding hydrogens is 354 g/mol. The number of benzene rings is 2. The van der Waals surface area contributed by atoms with Gasteiger partial charge in [-0.25, -0.2) is 18.9 Å². The van der Waals surface area contributed by atoms with Crippen LogP contribution in [0.15, 0.2) is 52.4 Å². The zero-order valence-corrected chi connectivity index (χ0v) is 14.4. The number of aryl methyl sites for hydroxylation is 1. The van der Waals surface area contributed by atoms with Crippen LogP contribution in [0, 0.1) is 11.6 Å². The summed E-state index contributed by atoms with van der Waals surface area (Å²) in [5, 5.41) is 8.70. The Morgan fingerprint density at radius 2 is 1.93 bits per heavy atom. The van der Waals surface area contributed by atoms with Crippen LogP contribution in [-0.2, 0) is 6.54 Å². The molecule has 1 N–H and O–H groups in total. The molecule has 3 aromatic rings. The van der Waals surface area contributed by atoms with Crippen molar-refractivity contribution in [2.24, 2.45) is 5.10 Å². The van der Waals surface area contributed by atoms with Crippen LogP contribution in [0.2, 0.25) is 0 Å². The molecule has 0 unspecified atom stereocenters. The molecular formula is C19H16F2N4O2. The molecule has 1 heterocycles. The van der Waals surface area contributed by atoms with Crippen molar-refractivity contribution in [2.75, 3.05) is 0 Å². The first-order chi connectivity index (χ1) is 13.0. The van der Waals surface area contributed by atoms with Gasteiger partial charge in [0.25, 0.3) is 11.5 Å². The number of amides is 1. The second kappa shape index (κ2) is 7.86. The summed E-state index contributed by atoms with van der Waals surface area (Å²) in [6, 6.07) is 9.93. The smallest absolute Gasteiger partial charge is 0.267 e. The third-order valence-electron chi connectivity index (χ3n) is 3.84. The number of carbonyl (C=O) groups is 1. The summed E-state index contributed by atoms with van der Waals surface area (Å²) in [5.41, 5.74) is 2.37. The highest BCUT2D eigenvalue weighted by molar-refractivity contribution is 6.04. The van der Waals surface area contributed by atoms with Crippen molar-refractivity contribution in [3.8, 4) is 0 Å². The predicted octanol–water partition coefficient (Wildman–Crippen LogP) is 2.85. The molecule has 0 aliphatic carbocycles. The van der Waals surface area contributed by atoms with Crippen molar-refractivity contribution >= 4 is 22.9 Å². The van der Waals surface area contributed by atoms with Gasteiger partial charge in [-0.05, 0) is 30.2 Å². The summed E-state index contributed by atoms with van der Waals surface area (Å²) in [6.45, 7) is 2.28. The molecule has 1 aromatic heterocycles. The molecule has 0 bridgehead atoms. The number of halogens is 2. The molecule has 2 aromatic carbocycles. The molecule has 0 aliphatic rings. The molecule has 138 valence electrons. The van der Waals surface area contributed by atoms with Gasteiger partial charge in [-0.15, -0.1) is 0 Å². The number of nitrogens with zero attached hydrogens (tertiary/aromatic N) is 3. The Kier molecular flexibility index (Phi) is 5.35. The van der Waals surface area contributed by atoms with E-state index < -0.39 is 17.5 Å². The standard InChI is InChI=1S/C19H16F2N4O2/c1-2-9-25-19(27)14-6-4-3-5-13(14)17(24-25)18(26)23-22-11-12-7-8-15(20)16(21)10-12/h3-8,10-11H,2,9H2,1H3,(H,23,26)/b22-11+. The number of hydrogen-bond acceptors (Lipinski definition) is 4. The number of hydrazone groups is 1. The van der Waals surface area contributed by atoms with E-state index in [-0.39, 0.29) is 16.8 Å². The maximum atomic E-state index is 13.2. The topological polar surface area (TPSA) is 76.3 Å². The van der Waals surface area contributed by atoms with E-state index in [9.17, 15) is 18.4 Å². The summed E-state index contributed by atoms with van der Waals surface area (Å²) in [6.07, 6.45) is 1.87. The number of rotatable bonds is 5. The lowest BCUT2D eigenvalue weighted by molar-refractivity contribution is 0.0949. The van der Waals surface area contributed by atoms with Crippen LogP contribution in [-0.4, -0.2) is 21.9 Å². The van der Waals surface area contributed by atoms with Crippen LogP contribution in [0.25, 0.3) is 10.8 Å². The quantitative estimate of drug-likeness (QED) is 0.554. The van der Waals surface area contributed by atoms with Crippen LogP contribution in [0.5, 0.6) is 0 Å². The molecule has 0 fully saturated rings. The molecule has 27 heavy (non-hydrogen) atoms. The highest BCUT2D eigenvalue weighted by atomic mass is 19.2. The molecule has 0 saturated carbocycles. The van der Waals surface area contributed by atoms with E-state index in [1.165, 1.54) is 17.0 Å². The number of hydrogen-bond donors (Lipinski definition) is 1. The van der Waals surface area contributed by atoms with Crippen molar-refractivity contribution in [3.05, 3.63) is 75.7 Å². The average Bonchev–Trinajstić information content (AvgIpc) is 2.67. The Balaban J connectivity index is 1.91. The minimum Gasteiger partial charge on any atom is -0.267 e. The Bertz CT molecular complexity index is 1090. The Labute approximate surface area is 153 Å². The lowest BCUT2D eigenvalue weighted by Crippen LogP contribution is -2.29. The molecule has 3 rings (SSSR count). The molecule has 0 radical (unpaired) electrons. The van der Waals surface area contributed by atoms with Crippen molar-refractivity contribution in [1.29, 1.82) is 0 Å². The van der Waals surface area contributed by atoms with Crippen LogP contribution < -0.4 is 11.0 Å². The molecule has 0 atom stereocenters. The zero-order valence-electron chi connectivity index (χ0n) is 14.4. The van der Waals surface area contributed by atoms with E-state index in [2.05, 4.69) is 15.6 Å². The second-order valence-electron chi connectivity index (χ2n) is 5.80. The first-order valence-corrected chi connectivity index (χ1v) is 8.29. The first kappa shape index (κ1) is 18.4. The predicted molar refractivity (Wildman–Crippen MR) is 97.7 cm³/mol. The van der Waals surface area contributed by atoms with Crippen molar-refractivity contribution in [2.45, 2.75) is 19.9 Å². The highest BCUT2D eigenvalue weighted by Gasteiger charge is 2.16. The molecule has 0 spiro atoms. The van der Waals surface area contributed by atoms with Gasteiger partial charge < -0.3 is 0 Å². The van der Waals surface area contributed by atoms with Crippen LogP contribution in [0.1, 0.15) is 29.4 Å². The van der Waals surface area contributed by atoms with Gasteiger partial charge in [0.1, 0.15) is 0 Å². The van der Waals surface area contributed by atoms with Crippen molar-refractivity contribution < 1.29 is 13.6 Å². The van der Waals surface area contributed by atoms with Gasteiger partial charge in [-0.1, -0.05) is 31.2 Å². The third kappa shape index (κ3) is 3.89. The molecule has 0 aliphatic heterocycles. The normalized spacial score (nSPS) is 11.2. The van der Waals surface area contributed by atoms with Gasteiger partial charge in [0, 0.05) is 11.9 Å². The lowest BCUT2D eigenvalue weighted by Gasteiger charge is -2.09. The SMILES string of the molecule is CCCn1nc(C(=O)N/N=C/c2ccc(F)c(F)c2)c2ccccc2c1=O. The Morgan fingerprint density at radius 1 is 1.19 bits per heavy atom. The second-order valence-corrected chi connectivity index (χ2v) is 5.80. The fourth-order valence-corrected chi connectivity index (χ4v) is 2.58. The molecule has 6 nitrogen and oxygen atoms in total. The Morgan fingerprint density at radius 3 is 2.63 bits per heavy atom. The minimum absolute atomic E-state index is 0.0566. The van der Waals surface area contributed by atoms with Crippen molar-refractivity contribution in [1.82, 2.24) is 15.2 Å². The number of aromatic nitrogens is 2. The fraction of sp³-hybridized carbons (Fsp3) is 0.158. The van der Waals surface area contributed by atoms with E-state index >= 15 is 0 Å². The minimum atomic E-state index is -1.01. The van der Waals surface area contributed by atoms with Crippen molar-refractivity contribution in [3.63, 3.8) is 0 Å². The summed E-state index contributed by atoms with van der Waals surface area (Å²) in [7, 11) is 0. The fourth-order valence-electron chi connectivity index (χ4n) is 2.58. The van der Waals surface area contributed by atoms with Crippen LogP contribution >= 0.6 is 0 Å². The summed E-state index contributed by atoms with van der Waals surface area (Å²) >= 11 is 0. The molecule has 0 saturated heterocycles. The summed E-state index contributed by atoms with van der Waals surface area (Å²) in [4.78, 5) is 24.9. The van der Waals surface area contributed by atoms with Gasteiger partial charge in [0.05, 0.1) is 11.6 Å². The zero-order chi connectivity index (χ0) is 19.4. The van der Waals surface area contributed by atoms with E-state index in [4.69, 9.17) is 0 Å². The largest absolute Gasteiger partial charge is 0.292 e. The van der Waals surface area contributed by atoms with Gasteiger partial charge in [0.2, 0.25) is 0 Å². The van der Waals surface area contributed by atoms with Gasteiger partial charge >= 0.3 is 0 Å². The molecule has 1 amide bonds. The number of nitrogens with one attached hydrogen (secondary N) is 1. The van der Waals surface area contributed by atoms with Gasteiger partial charge in [-0.3, -0.25) is 9.59 Å². The summed E-state index contributed by atoms with van der Waals surface area (Å²) in [5.74, 6) is -2.59. The maximum absolute atomic E-state index is 13.2. The number of fused-ring (bicyclic) bond motifs is 1. The number of carbonyl (C=O) groups excluding carboxylic acids is 1. The Hall–Kier alpha value is -3.42. The first-order valence-electron chi connectivity index (χ1n) is 8.29. The van der Waals surface area contributed by atoms with Gasteiger partial charge in [-0.2, -0.15) is 10.2 Å². The maximum Gasteiger partial charge on any atom is 0.292 e. The summed E-state index contributed by atoms with van der Waals surface area (Å²) < 4.78 is 27.4. The molecule has 8 heteroatoms. The third-order valence-corrected chi connectivity index (χ3v) is 3.84. The van der Waals surface area contributed by atoms with Crippen LogP contribution in [0.3, 0.4) is 0 Å². The van der Waals surface area contributed by atoms with Gasteiger partial charge in [0.15, 0.2) is 17.3 Å². The van der Waals surface area contributed by atoms with Crippen LogP contribution in [0.4, 0.5) is 8.78 Å². The highest BCUT2D eigenvalue weighted by Crippen LogP contribution is 2.13. The van der Waals surface area contributed by atoms with E-state index in [0.29, 0.717) is 23.7 Å². The monoisotopic (exact) mass is 370 g/mol. The lowest BCUT2D eigenvalue weighted by atomic mass is 10.1. The average molecular weight is 370 g/mol.